The summed E-state index contributed by atoms with van der Waals surface area (Å²) in [6.07, 6.45) is 6.05. The maximum absolute atomic E-state index is 5.73. The van der Waals surface area contributed by atoms with E-state index in [0.717, 1.165) is 23.7 Å². The summed E-state index contributed by atoms with van der Waals surface area (Å²) in [6.45, 7) is 1.44. The standard InChI is InChI=1S/C18H19N4O/c1-21-11-12-22(15-21)13-14-23-18-9-7-17(8-10-18)20-19-16-5-3-2-4-6-16/h2-12,15H,13-14H2,1H3/q+1. The maximum Gasteiger partial charge on any atom is 0.243 e. The van der Waals surface area contributed by atoms with Crippen molar-refractivity contribution < 1.29 is 9.30 Å². The summed E-state index contributed by atoms with van der Waals surface area (Å²) in [6, 6.07) is 17.3. The van der Waals surface area contributed by atoms with E-state index in [2.05, 4.69) is 14.8 Å². The maximum atomic E-state index is 5.73. The average molecular weight is 307 g/mol. The van der Waals surface area contributed by atoms with Crippen molar-refractivity contribution in [2.24, 2.45) is 17.3 Å². The third-order valence-corrected chi connectivity index (χ3v) is 3.32. The Kier molecular flexibility index (Phi) is 4.79. The molecule has 0 N–H and O–H groups in total. The highest BCUT2D eigenvalue weighted by molar-refractivity contribution is 5.42. The monoisotopic (exact) mass is 307 g/mol. The molecule has 0 aliphatic carbocycles. The molecular weight excluding hydrogens is 288 g/mol. The van der Waals surface area contributed by atoms with Crippen molar-refractivity contribution in [3.63, 3.8) is 0 Å². The fraction of sp³-hybridized carbons (Fsp3) is 0.167. The summed E-state index contributed by atoms with van der Waals surface area (Å²) >= 11 is 0. The highest BCUT2D eigenvalue weighted by atomic mass is 16.5. The molecule has 0 unspecified atom stereocenters. The molecule has 23 heavy (non-hydrogen) atoms. The van der Waals surface area contributed by atoms with E-state index in [1.807, 2.05) is 84.9 Å². The van der Waals surface area contributed by atoms with Crippen LogP contribution in [0.3, 0.4) is 0 Å². The van der Waals surface area contributed by atoms with Crippen LogP contribution < -0.4 is 9.30 Å². The fourth-order valence-electron chi connectivity index (χ4n) is 2.12. The van der Waals surface area contributed by atoms with E-state index in [1.165, 1.54) is 0 Å². The molecule has 3 aromatic rings. The Bertz CT molecular complexity index is 763. The number of azo groups is 1. The van der Waals surface area contributed by atoms with Crippen molar-refractivity contribution in [2.75, 3.05) is 6.61 Å². The molecule has 5 nitrogen and oxygen atoms in total. The number of aromatic nitrogens is 2. The normalized spacial score (nSPS) is 11.0. The summed E-state index contributed by atoms with van der Waals surface area (Å²) in [5.41, 5.74) is 1.64. The lowest BCUT2D eigenvalue weighted by Crippen LogP contribution is -2.24. The molecule has 0 spiro atoms. The van der Waals surface area contributed by atoms with E-state index in [1.54, 1.807) is 0 Å². The van der Waals surface area contributed by atoms with Gasteiger partial charge in [0.1, 0.15) is 31.3 Å². The van der Waals surface area contributed by atoms with Crippen LogP contribution in [0.2, 0.25) is 0 Å². The van der Waals surface area contributed by atoms with Gasteiger partial charge in [-0.1, -0.05) is 18.2 Å². The summed E-state index contributed by atoms with van der Waals surface area (Å²) < 4.78 is 9.83. The van der Waals surface area contributed by atoms with Crippen LogP contribution in [0.15, 0.2) is 83.5 Å². The van der Waals surface area contributed by atoms with Gasteiger partial charge < -0.3 is 4.74 Å². The second-order valence-electron chi connectivity index (χ2n) is 5.19. The quantitative estimate of drug-likeness (QED) is 0.504. The van der Waals surface area contributed by atoms with Crippen LogP contribution in [0.25, 0.3) is 0 Å². The molecule has 0 radical (unpaired) electrons. The van der Waals surface area contributed by atoms with Crippen LogP contribution in [0.5, 0.6) is 5.75 Å². The first kappa shape index (κ1) is 15.0. The van der Waals surface area contributed by atoms with Crippen LogP contribution in [0, 0.1) is 0 Å². The lowest BCUT2D eigenvalue weighted by atomic mass is 10.3. The largest absolute Gasteiger partial charge is 0.489 e. The van der Waals surface area contributed by atoms with Gasteiger partial charge in [0, 0.05) is 0 Å². The minimum absolute atomic E-state index is 0.625. The Balaban J connectivity index is 1.51. The summed E-state index contributed by atoms with van der Waals surface area (Å²) in [4.78, 5) is 0. The van der Waals surface area contributed by atoms with Gasteiger partial charge in [0.15, 0.2) is 0 Å². The summed E-state index contributed by atoms with van der Waals surface area (Å²) in [5.74, 6) is 0.834. The van der Waals surface area contributed by atoms with E-state index in [4.69, 9.17) is 4.74 Å². The van der Waals surface area contributed by atoms with E-state index in [9.17, 15) is 0 Å². The Hall–Kier alpha value is -2.95. The molecular formula is C18H19N4O+. The molecule has 0 aliphatic rings. The van der Waals surface area contributed by atoms with Crippen molar-refractivity contribution in [3.8, 4) is 5.75 Å². The van der Waals surface area contributed by atoms with Gasteiger partial charge in [-0.05, 0) is 36.4 Å². The van der Waals surface area contributed by atoms with Gasteiger partial charge in [-0.2, -0.15) is 10.2 Å². The molecule has 1 aromatic heterocycles. The second-order valence-corrected chi connectivity index (χ2v) is 5.19. The van der Waals surface area contributed by atoms with Crippen molar-refractivity contribution in [1.29, 1.82) is 0 Å². The fourth-order valence-corrected chi connectivity index (χ4v) is 2.12. The zero-order valence-corrected chi connectivity index (χ0v) is 13.0. The molecule has 0 bridgehead atoms. The SMILES string of the molecule is C[n+]1ccn(CCOc2ccc(N=Nc3ccccc3)cc2)c1. The first-order valence-corrected chi connectivity index (χ1v) is 7.50. The molecule has 0 saturated carbocycles. The topological polar surface area (TPSA) is 42.8 Å². The van der Waals surface area contributed by atoms with Crippen molar-refractivity contribution in [1.82, 2.24) is 4.57 Å². The molecule has 5 heteroatoms. The van der Waals surface area contributed by atoms with Crippen LogP contribution in [-0.4, -0.2) is 11.2 Å². The molecule has 0 amide bonds. The van der Waals surface area contributed by atoms with E-state index >= 15 is 0 Å². The van der Waals surface area contributed by atoms with E-state index in [0.29, 0.717) is 6.61 Å². The second kappa shape index (κ2) is 7.35. The molecule has 1 heterocycles. The zero-order valence-electron chi connectivity index (χ0n) is 13.0. The molecule has 116 valence electrons. The highest BCUT2D eigenvalue weighted by Gasteiger charge is 2.00. The lowest BCUT2D eigenvalue weighted by molar-refractivity contribution is -0.671. The average Bonchev–Trinajstić information content (AvgIpc) is 3.00. The van der Waals surface area contributed by atoms with Gasteiger partial charge in [-0.25, -0.2) is 9.13 Å². The number of hydrogen-bond acceptors (Lipinski definition) is 3. The predicted molar refractivity (Wildman–Crippen MR) is 88.2 cm³/mol. The number of nitrogens with zero attached hydrogens (tertiary/aromatic N) is 4. The number of hydrogen-bond donors (Lipinski definition) is 0. The van der Waals surface area contributed by atoms with Crippen LogP contribution in [-0.2, 0) is 13.6 Å². The number of imidazole rings is 1. The summed E-state index contributed by atoms with van der Waals surface area (Å²) in [5, 5.41) is 8.40. The molecule has 0 atom stereocenters. The van der Waals surface area contributed by atoms with Gasteiger partial charge in [0.2, 0.25) is 6.33 Å². The lowest BCUT2D eigenvalue weighted by Gasteiger charge is -2.04. The van der Waals surface area contributed by atoms with Gasteiger partial charge >= 0.3 is 0 Å². The molecule has 0 aliphatic heterocycles. The predicted octanol–water partition coefficient (Wildman–Crippen LogP) is 3.81. The van der Waals surface area contributed by atoms with Crippen molar-refractivity contribution >= 4 is 11.4 Å². The third-order valence-electron chi connectivity index (χ3n) is 3.32. The minimum atomic E-state index is 0.625. The molecule has 0 fully saturated rings. The minimum Gasteiger partial charge on any atom is -0.489 e. The first-order valence-electron chi connectivity index (χ1n) is 7.50. The van der Waals surface area contributed by atoms with Gasteiger partial charge in [-0.15, -0.1) is 0 Å². The van der Waals surface area contributed by atoms with E-state index in [-0.39, 0.29) is 0 Å². The Morgan fingerprint density at radius 2 is 1.65 bits per heavy atom. The summed E-state index contributed by atoms with van der Waals surface area (Å²) in [7, 11) is 2.00. The van der Waals surface area contributed by atoms with Crippen LogP contribution in [0.4, 0.5) is 11.4 Å². The van der Waals surface area contributed by atoms with E-state index < -0.39 is 0 Å². The van der Waals surface area contributed by atoms with Gasteiger partial charge in [-0.3, -0.25) is 0 Å². The molecule has 3 rings (SSSR count). The third kappa shape index (κ3) is 4.51. The Labute approximate surface area is 135 Å². The van der Waals surface area contributed by atoms with Crippen molar-refractivity contribution in [2.45, 2.75) is 6.54 Å². The zero-order chi connectivity index (χ0) is 15.9. The van der Waals surface area contributed by atoms with Crippen LogP contribution >= 0.6 is 0 Å². The smallest absolute Gasteiger partial charge is 0.243 e. The highest BCUT2D eigenvalue weighted by Crippen LogP contribution is 2.21. The number of aryl methyl sites for hydroxylation is 1. The number of benzene rings is 2. The molecule has 2 aromatic carbocycles. The van der Waals surface area contributed by atoms with Crippen LogP contribution in [0.1, 0.15) is 0 Å². The number of ether oxygens (including phenoxy) is 1. The molecule has 0 saturated heterocycles. The van der Waals surface area contributed by atoms with Gasteiger partial charge in [0.25, 0.3) is 0 Å². The number of rotatable bonds is 6. The Morgan fingerprint density at radius 3 is 2.30 bits per heavy atom. The Morgan fingerprint density at radius 1 is 0.957 bits per heavy atom. The van der Waals surface area contributed by atoms with Crippen molar-refractivity contribution in [3.05, 3.63) is 73.3 Å². The first-order chi connectivity index (χ1) is 11.3. The van der Waals surface area contributed by atoms with Gasteiger partial charge in [0.05, 0.1) is 18.4 Å².